The molecule has 1 rings (SSSR count). The molecule has 1 fully saturated rings. The average Bonchev–Trinajstić information content (AvgIpc) is 2.98. The number of ether oxygens (including phenoxy) is 1. The van der Waals surface area contributed by atoms with Gasteiger partial charge in [-0.05, 0) is 25.7 Å². The van der Waals surface area contributed by atoms with E-state index >= 15 is 0 Å². The van der Waals surface area contributed by atoms with Crippen LogP contribution in [0, 0.1) is 5.92 Å². The molecule has 2 N–H and O–H groups in total. The predicted molar refractivity (Wildman–Crippen MR) is 54.9 cm³/mol. The molecule has 0 bridgehead atoms. The summed E-state index contributed by atoms with van der Waals surface area (Å²) in [6.07, 6.45) is 4.31. The van der Waals surface area contributed by atoms with Crippen LogP contribution in [0.3, 0.4) is 0 Å². The van der Waals surface area contributed by atoms with Gasteiger partial charge in [-0.3, -0.25) is 0 Å². The van der Waals surface area contributed by atoms with Crippen LogP contribution in [-0.2, 0) is 4.74 Å². The highest BCUT2D eigenvalue weighted by atomic mass is 16.5. The standard InChI is InChI=1S/C10H18N2O2/c1-8(9-3-4-9)7-12-10(13)11-5-6-14-2/h7,9H,3-6H2,1-2H3,(H2,11,12,13)/b8-7+. The van der Waals surface area contributed by atoms with Crippen molar-refractivity contribution in [1.29, 1.82) is 0 Å². The minimum atomic E-state index is -0.165. The summed E-state index contributed by atoms with van der Waals surface area (Å²) in [5.41, 5.74) is 1.26. The summed E-state index contributed by atoms with van der Waals surface area (Å²) in [5, 5.41) is 5.37. The van der Waals surface area contributed by atoms with Crippen LogP contribution in [0.4, 0.5) is 4.79 Å². The van der Waals surface area contributed by atoms with E-state index in [1.54, 1.807) is 13.3 Å². The van der Waals surface area contributed by atoms with Gasteiger partial charge in [-0.2, -0.15) is 0 Å². The maximum absolute atomic E-state index is 11.1. The van der Waals surface area contributed by atoms with Gasteiger partial charge in [0.1, 0.15) is 0 Å². The fourth-order valence-corrected chi connectivity index (χ4v) is 1.15. The number of nitrogens with one attached hydrogen (secondary N) is 2. The zero-order valence-electron chi connectivity index (χ0n) is 8.80. The summed E-state index contributed by atoms with van der Waals surface area (Å²) in [4.78, 5) is 11.1. The van der Waals surface area contributed by atoms with Gasteiger partial charge in [-0.1, -0.05) is 5.57 Å². The first kappa shape index (κ1) is 11.0. The van der Waals surface area contributed by atoms with Gasteiger partial charge in [0.2, 0.25) is 0 Å². The Morgan fingerprint density at radius 1 is 1.57 bits per heavy atom. The highest BCUT2D eigenvalue weighted by Gasteiger charge is 2.22. The first-order chi connectivity index (χ1) is 6.74. The molecule has 0 atom stereocenters. The SMILES string of the molecule is COCCNC(=O)N/C=C(\C)C1CC1. The fraction of sp³-hybridized carbons (Fsp3) is 0.700. The number of hydrogen-bond donors (Lipinski definition) is 2. The Morgan fingerprint density at radius 3 is 2.86 bits per heavy atom. The molecule has 1 aliphatic rings. The summed E-state index contributed by atoms with van der Waals surface area (Å²) in [6.45, 7) is 3.13. The number of urea groups is 1. The van der Waals surface area contributed by atoms with Crippen LogP contribution in [-0.4, -0.2) is 26.3 Å². The van der Waals surface area contributed by atoms with Crippen LogP contribution in [0.2, 0.25) is 0 Å². The zero-order valence-corrected chi connectivity index (χ0v) is 8.80. The summed E-state index contributed by atoms with van der Waals surface area (Å²) in [7, 11) is 1.61. The van der Waals surface area contributed by atoms with Crippen molar-refractivity contribution in [2.24, 2.45) is 5.92 Å². The molecule has 0 aromatic heterocycles. The van der Waals surface area contributed by atoms with Crippen molar-refractivity contribution in [1.82, 2.24) is 10.6 Å². The second-order valence-corrected chi connectivity index (χ2v) is 3.56. The lowest BCUT2D eigenvalue weighted by Gasteiger charge is -2.04. The molecule has 0 aromatic rings. The average molecular weight is 198 g/mol. The minimum absolute atomic E-state index is 0.165. The van der Waals surface area contributed by atoms with E-state index in [9.17, 15) is 4.79 Å². The lowest BCUT2D eigenvalue weighted by molar-refractivity contribution is 0.196. The Hall–Kier alpha value is -1.03. The third-order valence-corrected chi connectivity index (χ3v) is 2.24. The number of allylic oxidation sites excluding steroid dienone is 1. The van der Waals surface area contributed by atoms with Crippen LogP contribution in [0.15, 0.2) is 11.8 Å². The Labute approximate surface area is 84.7 Å². The largest absolute Gasteiger partial charge is 0.383 e. The number of rotatable bonds is 5. The van der Waals surface area contributed by atoms with Crippen molar-refractivity contribution in [3.8, 4) is 0 Å². The van der Waals surface area contributed by atoms with E-state index in [-0.39, 0.29) is 6.03 Å². The number of carbonyl (C=O) groups is 1. The van der Waals surface area contributed by atoms with Crippen molar-refractivity contribution < 1.29 is 9.53 Å². The van der Waals surface area contributed by atoms with Crippen molar-refractivity contribution in [2.75, 3.05) is 20.3 Å². The zero-order chi connectivity index (χ0) is 10.4. The lowest BCUT2D eigenvalue weighted by atomic mass is 10.2. The summed E-state index contributed by atoms with van der Waals surface area (Å²) >= 11 is 0. The highest BCUT2D eigenvalue weighted by Crippen LogP contribution is 2.35. The normalized spacial score (nSPS) is 16.6. The van der Waals surface area contributed by atoms with E-state index in [2.05, 4.69) is 10.6 Å². The molecule has 1 saturated carbocycles. The Balaban J connectivity index is 2.10. The van der Waals surface area contributed by atoms with Crippen LogP contribution in [0.5, 0.6) is 0 Å². The molecule has 0 aromatic carbocycles. The van der Waals surface area contributed by atoms with Gasteiger partial charge in [0.05, 0.1) is 6.61 Å². The second kappa shape index (κ2) is 5.65. The van der Waals surface area contributed by atoms with Crippen LogP contribution in [0.1, 0.15) is 19.8 Å². The lowest BCUT2D eigenvalue weighted by Crippen LogP contribution is -2.34. The highest BCUT2D eigenvalue weighted by molar-refractivity contribution is 5.74. The van der Waals surface area contributed by atoms with E-state index in [1.807, 2.05) is 6.92 Å². The van der Waals surface area contributed by atoms with E-state index < -0.39 is 0 Å². The number of carbonyl (C=O) groups excluding carboxylic acids is 1. The van der Waals surface area contributed by atoms with Gasteiger partial charge in [0, 0.05) is 19.9 Å². The predicted octanol–water partition coefficient (Wildman–Crippen LogP) is 1.25. The van der Waals surface area contributed by atoms with Gasteiger partial charge in [-0.25, -0.2) is 4.79 Å². The van der Waals surface area contributed by atoms with Crippen molar-refractivity contribution >= 4 is 6.03 Å². The van der Waals surface area contributed by atoms with Crippen molar-refractivity contribution in [3.63, 3.8) is 0 Å². The molecule has 4 heteroatoms. The molecule has 0 radical (unpaired) electrons. The first-order valence-electron chi connectivity index (χ1n) is 4.94. The van der Waals surface area contributed by atoms with E-state index in [1.165, 1.54) is 18.4 Å². The first-order valence-corrected chi connectivity index (χ1v) is 4.94. The van der Waals surface area contributed by atoms with E-state index in [0.29, 0.717) is 19.1 Å². The van der Waals surface area contributed by atoms with Gasteiger partial charge < -0.3 is 15.4 Å². The molecular weight excluding hydrogens is 180 g/mol. The molecule has 1 aliphatic carbocycles. The molecular formula is C10H18N2O2. The number of methoxy groups -OCH3 is 1. The smallest absolute Gasteiger partial charge is 0.318 e. The number of hydrogen-bond acceptors (Lipinski definition) is 2. The molecule has 80 valence electrons. The third-order valence-electron chi connectivity index (χ3n) is 2.24. The quantitative estimate of drug-likeness (QED) is 0.653. The van der Waals surface area contributed by atoms with Crippen LogP contribution in [0.25, 0.3) is 0 Å². The topological polar surface area (TPSA) is 50.4 Å². The molecule has 2 amide bonds. The maximum atomic E-state index is 11.1. The van der Waals surface area contributed by atoms with Gasteiger partial charge in [0.25, 0.3) is 0 Å². The summed E-state index contributed by atoms with van der Waals surface area (Å²) in [5.74, 6) is 0.703. The third kappa shape index (κ3) is 4.28. The van der Waals surface area contributed by atoms with Gasteiger partial charge in [-0.15, -0.1) is 0 Å². The molecule has 0 spiro atoms. The fourth-order valence-electron chi connectivity index (χ4n) is 1.15. The van der Waals surface area contributed by atoms with Crippen molar-refractivity contribution in [2.45, 2.75) is 19.8 Å². The molecule has 0 aliphatic heterocycles. The molecule has 0 saturated heterocycles. The van der Waals surface area contributed by atoms with E-state index in [0.717, 1.165) is 0 Å². The minimum Gasteiger partial charge on any atom is -0.383 e. The molecule has 0 unspecified atom stereocenters. The van der Waals surface area contributed by atoms with Crippen LogP contribution >= 0.6 is 0 Å². The van der Waals surface area contributed by atoms with Gasteiger partial charge >= 0.3 is 6.03 Å². The maximum Gasteiger partial charge on any atom is 0.318 e. The van der Waals surface area contributed by atoms with Crippen LogP contribution < -0.4 is 10.6 Å². The molecule has 14 heavy (non-hydrogen) atoms. The second-order valence-electron chi connectivity index (χ2n) is 3.56. The Kier molecular flexibility index (Phi) is 4.46. The summed E-state index contributed by atoms with van der Waals surface area (Å²) in [6, 6.07) is -0.165. The number of amides is 2. The van der Waals surface area contributed by atoms with Gasteiger partial charge in [0.15, 0.2) is 0 Å². The summed E-state index contributed by atoms with van der Waals surface area (Å²) < 4.78 is 4.81. The molecule has 4 nitrogen and oxygen atoms in total. The Bertz CT molecular complexity index is 222. The molecule has 0 heterocycles. The van der Waals surface area contributed by atoms with E-state index in [4.69, 9.17) is 4.74 Å². The Morgan fingerprint density at radius 2 is 2.29 bits per heavy atom. The monoisotopic (exact) mass is 198 g/mol. The van der Waals surface area contributed by atoms with Crippen molar-refractivity contribution in [3.05, 3.63) is 11.8 Å².